The largest absolute Gasteiger partial charge is 0.345 e. The number of hydrogen-bond donors (Lipinski definition) is 1. The Hall–Kier alpha value is -1.73. The Balaban J connectivity index is 1.60. The molecule has 1 amide bonds. The molecule has 0 bridgehead atoms. The zero-order valence-electron chi connectivity index (χ0n) is 14.2. The van der Waals surface area contributed by atoms with Crippen LogP contribution in [0, 0.1) is 0 Å². The number of hydrogen-bond acceptors (Lipinski definition) is 4. The topological polar surface area (TPSA) is 59.8 Å². The summed E-state index contributed by atoms with van der Waals surface area (Å²) in [5, 5.41) is 13.4. The normalized spacial score (nSPS) is 10.8. The molecule has 1 heterocycles. The lowest BCUT2D eigenvalue weighted by Crippen LogP contribution is -2.24. The van der Waals surface area contributed by atoms with E-state index >= 15 is 0 Å². The second kappa shape index (κ2) is 8.97. The minimum absolute atomic E-state index is 0.239. The summed E-state index contributed by atoms with van der Waals surface area (Å²) >= 11 is 19.4. The van der Waals surface area contributed by atoms with Crippen molar-refractivity contribution in [1.29, 1.82) is 0 Å². The standard InChI is InChI=1S/C18H15Cl3N4OS/c1-25-16(9-22-17(26)14-7-6-13(20)8-15(14)21)23-24-18(25)27-10-11-2-4-12(19)5-3-11/h2-8H,9-10H2,1H3,(H,22,26). The van der Waals surface area contributed by atoms with Gasteiger partial charge in [-0.2, -0.15) is 0 Å². The quantitative estimate of drug-likeness (QED) is 0.547. The van der Waals surface area contributed by atoms with Gasteiger partial charge in [0.1, 0.15) is 0 Å². The number of benzene rings is 2. The predicted octanol–water partition coefficient (Wildman–Crippen LogP) is 5.00. The second-order valence-electron chi connectivity index (χ2n) is 5.68. The van der Waals surface area contributed by atoms with Crippen LogP contribution in [-0.2, 0) is 19.3 Å². The zero-order chi connectivity index (χ0) is 19.4. The van der Waals surface area contributed by atoms with Crippen LogP contribution in [0.15, 0.2) is 47.6 Å². The summed E-state index contributed by atoms with van der Waals surface area (Å²) in [5.41, 5.74) is 1.50. The fourth-order valence-electron chi connectivity index (χ4n) is 2.28. The van der Waals surface area contributed by atoms with Crippen molar-refractivity contribution in [3.8, 4) is 0 Å². The number of rotatable bonds is 6. The van der Waals surface area contributed by atoms with Gasteiger partial charge < -0.3 is 9.88 Å². The summed E-state index contributed by atoms with van der Waals surface area (Å²) in [5.74, 6) is 1.10. The van der Waals surface area contributed by atoms with Crippen molar-refractivity contribution in [3.63, 3.8) is 0 Å². The van der Waals surface area contributed by atoms with Crippen LogP contribution < -0.4 is 5.32 Å². The maximum Gasteiger partial charge on any atom is 0.253 e. The van der Waals surface area contributed by atoms with Gasteiger partial charge in [0.05, 0.1) is 17.1 Å². The lowest BCUT2D eigenvalue weighted by Gasteiger charge is -2.07. The highest BCUT2D eigenvalue weighted by Gasteiger charge is 2.14. The average molecular weight is 442 g/mol. The molecule has 3 rings (SSSR count). The van der Waals surface area contributed by atoms with Crippen LogP contribution in [-0.4, -0.2) is 20.7 Å². The van der Waals surface area contributed by atoms with E-state index in [1.807, 2.05) is 35.9 Å². The van der Waals surface area contributed by atoms with E-state index < -0.39 is 0 Å². The molecule has 0 fully saturated rings. The summed E-state index contributed by atoms with van der Waals surface area (Å²) in [7, 11) is 1.86. The zero-order valence-corrected chi connectivity index (χ0v) is 17.3. The van der Waals surface area contributed by atoms with Gasteiger partial charge in [-0.05, 0) is 35.9 Å². The van der Waals surface area contributed by atoms with E-state index in [0.29, 0.717) is 26.5 Å². The molecule has 0 saturated heterocycles. The van der Waals surface area contributed by atoms with Gasteiger partial charge >= 0.3 is 0 Å². The summed E-state index contributed by atoms with van der Waals surface area (Å²) in [6, 6.07) is 12.4. The van der Waals surface area contributed by atoms with Crippen LogP contribution in [0.2, 0.25) is 15.1 Å². The van der Waals surface area contributed by atoms with Gasteiger partial charge in [0, 0.05) is 22.8 Å². The first-order valence-electron chi connectivity index (χ1n) is 7.93. The number of thioether (sulfide) groups is 1. The second-order valence-corrected chi connectivity index (χ2v) is 7.90. The van der Waals surface area contributed by atoms with Crippen molar-refractivity contribution in [2.45, 2.75) is 17.5 Å². The molecule has 0 atom stereocenters. The van der Waals surface area contributed by atoms with Gasteiger partial charge in [-0.15, -0.1) is 10.2 Å². The summed E-state index contributed by atoms with van der Waals surface area (Å²) in [4.78, 5) is 12.3. The van der Waals surface area contributed by atoms with Crippen molar-refractivity contribution in [2.75, 3.05) is 0 Å². The number of aromatic nitrogens is 3. The molecule has 2 aromatic carbocycles. The minimum Gasteiger partial charge on any atom is -0.345 e. The Kier molecular flexibility index (Phi) is 6.65. The van der Waals surface area contributed by atoms with Gasteiger partial charge in [-0.3, -0.25) is 4.79 Å². The molecule has 1 N–H and O–H groups in total. The Morgan fingerprint density at radius 1 is 1.07 bits per heavy atom. The van der Waals surface area contributed by atoms with Crippen molar-refractivity contribution in [3.05, 3.63) is 74.5 Å². The lowest BCUT2D eigenvalue weighted by atomic mass is 10.2. The molecule has 27 heavy (non-hydrogen) atoms. The third-order valence-electron chi connectivity index (χ3n) is 3.79. The molecule has 0 aliphatic heterocycles. The fraction of sp³-hybridized carbons (Fsp3) is 0.167. The molecule has 9 heteroatoms. The first kappa shape index (κ1) is 20.0. The number of carbonyl (C=O) groups excluding carboxylic acids is 1. The number of carbonyl (C=O) groups is 1. The molecule has 140 valence electrons. The predicted molar refractivity (Wildman–Crippen MR) is 110 cm³/mol. The lowest BCUT2D eigenvalue weighted by molar-refractivity contribution is 0.0949. The van der Waals surface area contributed by atoms with Crippen LogP contribution in [0.3, 0.4) is 0 Å². The molecule has 0 unspecified atom stereocenters. The van der Waals surface area contributed by atoms with Gasteiger partial charge in [-0.25, -0.2) is 0 Å². The summed E-state index contributed by atoms with van der Waals surface area (Å²) in [6.45, 7) is 0.239. The van der Waals surface area contributed by atoms with E-state index in [0.717, 1.165) is 16.5 Å². The Morgan fingerprint density at radius 3 is 2.48 bits per heavy atom. The van der Waals surface area contributed by atoms with E-state index in [4.69, 9.17) is 34.8 Å². The smallest absolute Gasteiger partial charge is 0.253 e. The molecule has 0 spiro atoms. The van der Waals surface area contributed by atoms with Crippen LogP contribution in [0.25, 0.3) is 0 Å². The summed E-state index contributed by atoms with van der Waals surface area (Å²) < 4.78 is 1.85. The van der Waals surface area contributed by atoms with E-state index in [9.17, 15) is 4.79 Å². The molecular weight excluding hydrogens is 427 g/mol. The van der Waals surface area contributed by atoms with Crippen molar-refractivity contribution >= 4 is 52.5 Å². The number of nitrogens with one attached hydrogen (secondary N) is 1. The third-order valence-corrected chi connectivity index (χ3v) is 5.68. The number of nitrogens with zero attached hydrogens (tertiary/aromatic N) is 3. The molecule has 0 aliphatic rings. The van der Waals surface area contributed by atoms with E-state index in [1.54, 1.807) is 23.9 Å². The highest BCUT2D eigenvalue weighted by Crippen LogP contribution is 2.23. The van der Waals surface area contributed by atoms with Gasteiger partial charge in [0.15, 0.2) is 11.0 Å². The van der Waals surface area contributed by atoms with Crippen LogP contribution in [0.1, 0.15) is 21.7 Å². The van der Waals surface area contributed by atoms with Crippen LogP contribution >= 0.6 is 46.6 Å². The van der Waals surface area contributed by atoms with Crippen LogP contribution in [0.5, 0.6) is 0 Å². The number of amides is 1. The van der Waals surface area contributed by atoms with Crippen molar-refractivity contribution < 1.29 is 4.79 Å². The SMILES string of the molecule is Cn1c(CNC(=O)c2ccc(Cl)cc2Cl)nnc1SCc1ccc(Cl)cc1. The molecule has 0 saturated carbocycles. The molecular formula is C18H15Cl3N4OS. The van der Waals surface area contributed by atoms with Crippen molar-refractivity contribution in [1.82, 2.24) is 20.1 Å². The Labute approximate surface area is 176 Å². The molecule has 0 aliphatic carbocycles. The fourth-order valence-corrected chi connectivity index (χ4v) is 3.79. The van der Waals surface area contributed by atoms with Crippen LogP contribution in [0.4, 0.5) is 0 Å². The molecule has 1 aromatic heterocycles. The maximum atomic E-state index is 12.3. The third kappa shape index (κ3) is 5.17. The monoisotopic (exact) mass is 440 g/mol. The minimum atomic E-state index is -0.296. The van der Waals surface area contributed by atoms with Crippen molar-refractivity contribution in [2.24, 2.45) is 7.05 Å². The summed E-state index contributed by atoms with van der Waals surface area (Å²) in [6.07, 6.45) is 0. The first-order chi connectivity index (χ1) is 12.9. The maximum absolute atomic E-state index is 12.3. The molecule has 3 aromatic rings. The van der Waals surface area contributed by atoms with Gasteiger partial charge in [0.2, 0.25) is 0 Å². The Morgan fingerprint density at radius 2 is 1.78 bits per heavy atom. The highest BCUT2D eigenvalue weighted by molar-refractivity contribution is 7.98. The number of halogens is 3. The van der Waals surface area contributed by atoms with E-state index in [1.165, 1.54) is 6.07 Å². The molecule has 5 nitrogen and oxygen atoms in total. The molecule has 0 radical (unpaired) electrons. The van der Waals surface area contributed by atoms with Gasteiger partial charge in [-0.1, -0.05) is 58.7 Å². The Bertz CT molecular complexity index is 960. The highest BCUT2D eigenvalue weighted by atomic mass is 35.5. The van der Waals surface area contributed by atoms with E-state index in [2.05, 4.69) is 15.5 Å². The first-order valence-corrected chi connectivity index (χ1v) is 10.0. The average Bonchev–Trinajstić information content (AvgIpc) is 2.99. The van der Waals surface area contributed by atoms with E-state index in [-0.39, 0.29) is 12.5 Å². The van der Waals surface area contributed by atoms with Gasteiger partial charge in [0.25, 0.3) is 5.91 Å².